The van der Waals surface area contributed by atoms with Gasteiger partial charge >= 0.3 is 0 Å². The molecule has 0 bridgehead atoms. The van der Waals surface area contributed by atoms with Crippen molar-refractivity contribution in [2.75, 3.05) is 63.0 Å². The molecule has 4 aromatic rings. The van der Waals surface area contributed by atoms with Crippen LogP contribution in [-0.2, 0) is 4.79 Å². The lowest BCUT2D eigenvalue weighted by Crippen LogP contribution is -2.27. The lowest BCUT2D eigenvalue weighted by Gasteiger charge is -2.26. The van der Waals surface area contributed by atoms with Crippen molar-refractivity contribution in [3.05, 3.63) is 61.2 Å². The van der Waals surface area contributed by atoms with Gasteiger partial charge in [0, 0.05) is 49.9 Å². The topological polar surface area (TPSA) is 127 Å². The highest BCUT2D eigenvalue weighted by Crippen LogP contribution is 2.42. The van der Waals surface area contributed by atoms with Crippen LogP contribution < -0.4 is 29.7 Å². The fourth-order valence-electron chi connectivity index (χ4n) is 5.67. The number of likely N-dealkylation sites (tertiary alicyclic amines) is 1. The SMILES string of the molecule is C=CC(=O)Nc1cc(Nc2ncc3cc(Oc4ccc(F)cn4)c(OC)nc3n2)c(OC)cc1N1C[C@H]2CN(C)C[C@H]2C1. The second kappa shape index (κ2) is 11.7. The summed E-state index contributed by atoms with van der Waals surface area (Å²) >= 11 is 0. The van der Waals surface area contributed by atoms with Crippen LogP contribution in [-0.4, -0.2) is 78.2 Å². The number of rotatable bonds is 9. The Kier molecular flexibility index (Phi) is 7.63. The summed E-state index contributed by atoms with van der Waals surface area (Å²) in [5.41, 5.74) is 2.40. The van der Waals surface area contributed by atoms with Gasteiger partial charge in [0.15, 0.2) is 11.4 Å². The molecule has 2 atom stereocenters. The van der Waals surface area contributed by atoms with Gasteiger partial charge in [-0.25, -0.2) is 14.4 Å². The van der Waals surface area contributed by atoms with E-state index in [-0.39, 0.29) is 29.4 Å². The lowest BCUT2D eigenvalue weighted by molar-refractivity contribution is -0.111. The molecule has 1 aromatic carbocycles. The van der Waals surface area contributed by atoms with Gasteiger partial charge in [-0.2, -0.15) is 9.97 Å². The van der Waals surface area contributed by atoms with E-state index in [0.717, 1.165) is 38.1 Å². The number of amides is 1. The molecule has 222 valence electrons. The van der Waals surface area contributed by atoms with Gasteiger partial charge in [0.25, 0.3) is 5.88 Å². The number of anilines is 4. The third-order valence-corrected chi connectivity index (χ3v) is 7.63. The standard InChI is InChI=1S/C30H31FN8O4/c1-5-26(40)34-21-9-22(24(41-3)10-23(21)39-15-18-13-38(2)14-19(18)16-39)35-30-33-11-17-8-25(29(42-4)36-28(17)37-30)43-27-7-6-20(31)12-32-27/h5-12,18-19H,1,13-16H2,2-4H3,(H,34,40)(H,33,35,36,37)/t18-,19+. The molecule has 0 saturated carbocycles. The Morgan fingerprint density at radius 3 is 2.47 bits per heavy atom. The molecule has 0 spiro atoms. The number of aromatic nitrogens is 4. The number of benzene rings is 1. The minimum absolute atomic E-state index is 0.168. The van der Waals surface area contributed by atoms with Crippen molar-refractivity contribution in [1.29, 1.82) is 0 Å². The Morgan fingerprint density at radius 1 is 1.00 bits per heavy atom. The fraction of sp³-hybridized carbons (Fsp3) is 0.300. The van der Waals surface area contributed by atoms with Crippen LogP contribution in [0.25, 0.3) is 11.0 Å². The van der Waals surface area contributed by atoms with Crippen LogP contribution in [0, 0.1) is 17.7 Å². The number of hydrogen-bond donors (Lipinski definition) is 2. The number of halogens is 1. The molecule has 2 aliphatic rings. The Morgan fingerprint density at radius 2 is 1.79 bits per heavy atom. The number of methoxy groups -OCH3 is 2. The maximum Gasteiger partial charge on any atom is 0.259 e. The normalized spacial score (nSPS) is 17.9. The molecule has 0 aliphatic carbocycles. The van der Waals surface area contributed by atoms with E-state index in [0.29, 0.717) is 40.0 Å². The molecule has 12 nitrogen and oxygen atoms in total. The Balaban J connectivity index is 1.30. The second-order valence-corrected chi connectivity index (χ2v) is 10.6. The zero-order valence-electron chi connectivity index (χ0n) is 24.0. The van der Waals surface area contributed by atoms with Gasteiger partial charge in [0.2, 0.25) is 17.7 Å². The van der Waals surface area contributed by atoms with Crippen LogP contribution >= 0.6 is 0 Å². The summed E-state index contributed by atoms with van der Waals surface area (Å²) in [5, 5.41) is 6.73. The van der Waals surface area contributed by atoms with Gasteiger partial charge in [-0.1, -0.05) is 6.58 Å². The summed E-state index contributed by atoms with van der Waals surface area (Å²) in [6.07, 6.45) is 3.88. The van der Waals surface area contributed by atoms with Gasteiger partial charge < -0.3 is 34.6 Å². The minimum Gasteiger partial charge on any atom is -0.494 e. The number of nitrogens with one attached hydrogen (secondary N) is 2. The first-order chi connectivity index (χ1) is 20.8. The first kappa shape index (κ1) is 28.1. The average Bonchev–Trinajstić information content (AvgIpc) is 3.55. The highest BCUT2D eigenvalue weighted by Gasteiger charge is 2.39. The molecule has 2 fully saturated rings. The Labute approximate surface area is 247 Å². The summed E-state index contributed by atoms with van der Waals surface area (Å²) in [7, 11) is 5.20. The highest BCUT2D eigenvalue weighted by atomic mass is 19.1. The van der Waals surface area contributed by atoms with Crippen LogP contribution in [0.2, 0.25) is 0 Å². The molecule has 2 N–H and O–H groups in total. The Hall–Kier alpha value is -5.04. The second-order valence-electron chi connectivity index (χ2n) is 10.6. The van der Waals surface area contributed by atoms with Gasteiger partial charge in [-0.15, -0.1) is 0 Å². The molecule has 43 heavy (non-hydrogen) atoms. The van der Waals surface area contributed by atoms with Crippen LogP contribution in [0.1, 0.15) is 0 Å². The summed E-state index contributed by atoms with van der Waals surface area (Å²) in [6, 6.07) is 8.04. The van der Waals surface area contributed by atoms with Crippen molar-refractivity contribution in [3.8, 4) is 23.3 Å². The van der Waals surface area contributed by atoms with Crippen molar-refractivity contribution in [2.45, 2.75) is 0 Å². The molecular weight excluding hydrogens is 555 g/mol. The summed E-state index contributed by atoms with van der Waals surface area (Å²) in [5.74, 6) is 1.79. The van der Waals surface area contributed by atoms with Crippen molar-refractivity contribution >= 4 is 40.0 Å². The number of fused-ring (bicyclic) bond motifs is 2. The molecule has 6 rings (SSSR count). The van der Waals surface area contributed by atoms with Crippen molar-refractivity contribution in [2.24, 2.45) is 11.8 Å². The van der Waals surface area contributed by atoms with Crippen LogP contribution in [0.4, 0.5) is 27.4 Å². The summed E-state index contributed by atoms with van der Waals surface area (Å²) in [6.45, 7) is 7.51. The first-order valence-corrected chi connectivity index (χ1v) is 13.7. The molecule has 2 saturated heterocycles. The minimum atomic E-state index is -0.475. The average molecular weight is 587 g/mol. The van der Waals surface area contributed by atoms with E-state index in [1.54, 1.807) is 19.4 Å². The van der Waals surface area contributed by atoms with Crippen molar-refractivity contribution in [1.82, 2.24) is 24.8 Å². The number of pyridine rings is 2. The molecule has 0 unspecified atom stereocenters. The zero-order chi connectivity index (χ0) is 30.1. The zero-order valence-corrected chi connectivity index (χ0v) is 24.0. The summed E-state index contributed by atoms with van der Waals surface area (Å²) < 4.78 is 30.2. The molecule has 13 heteroatoms. The van der Waals surface area contributed by atoms with E-state index in [9.17, 15) is 9.18 Å². The number of hydrogen-bond acceptors (Lipinski definition) is 11. The number of carbonyl (C=O) groups is 1. The fourth-order valence-corrected chi connectivity index (χ4v) is 5.67. The van der Waals surface area contributed by atoms with E-state index in [1.165, 1.54) is 25.3 Å². The van der Waals surface area contributed by atoms with E-state index in [1.807, 2.05) is 12.1 Å². The van der Waals surface area contributed by atoms with Gasteiger partial charge in [-0.3, -0.25) is 4.79 Å². The maximum absolute atomic E-state index is 13.2. The van der Waals surface area contributed by atoms with E-state index < -0.39 is 5.82 Å². The first-order valence-electron chi connectivity index (χ1n) is 13.7. The lowest BCUT2D eigenvalue weighted by atomic mass is 10.0. The number of ether oxygens (including phenoxy) is 3. The smallest absolute Gasteiger partial charge is 0.259 e. The predicted molar refractivity (Wildman–Crippen MR) is 160 cm³/mol. The number of nitrogens with zero attached hydrogens (tertiary/aromatic N) is 6. The van der Waals surface area contributed by atoms with Crippen LogP contribution in [0.15, 0.2) is 55.4 Å². The third-order valence-electron chi connectivity index (χ3n) is 7.63. The molecule has 1 amide bonds. The molecule has 3 aromatic heterocycles. The maximum atomic E-state index is 13.2. The quantitative estimate of drug-likeness (QED) is 0.274. The number of carbonyl (C=O) groups excluding carboxylic acids is 1. The molecule has 2 aliphatic heterocycles. The van der Waals surface area contributed by atoms with Crippen molar-refractivity contribution in [3.63, 3.8) is 0 Å². The largest absolute Gasteiger partial charge is 0.494 e. The molecular formula is C30H31FN8O4. The van der Waals surface area contributed by atoms with E-state index in [2.05, 4.69) is 54.0 Å². The molecule has 5 heterocycles. The van der Waals surface area contributed by atoms with Crippen molar-refractivity contribution < 1.29 is 23.4 Å². The van der Waals surface area contributed by atoms with E-state index >= 15 is 0 Å². The summed E-state index contributed by atoms with van der Waals surface area (Å²) in [4.78, 5) is 34.5. The predicted octanol–water partition coefficient (Wildman–Crippen LogP) is 4.23. The van der Waals surface area contributed by atoms with Gasteiger partial charge in [-0.05, 0) is 43.2 Å². The highest BCUT2D eigenvalue weighted by molar-refractivity contribution is 6.02. The monoisotopic (exact) mass is 586 g/mol. The third kappa shape index (κ3) is 5.84. The van der Waals surface area contributed by atoms with Gasteiger partial charge in [0.1, 0.15) is 11.6 Å². The van der Waals surface area contributed by atoms with Gasteiger partial charge in [0.05, 0.1) is 37.5 Å². The van der Waals surface area contributed by atoms with E-state index in [4.69, 9.17) is 14.2 Å². The van der Waals surface area contributed by atoms with Crippen LogP contribution in [0.3, 0.4) is 0 Å². The molecule has 0 radical (unpaired) electrons. The van der Waals surface area contributed by atoms with Crippen LogP contribution in [0.5, 0.6) is 23.3 Å². The Bertz CT molecular complexity index is 1670.